The first-order valence-electron chi connectivity index (χ1n) is 9.46. The van der Waals surface area contributed by atoms with Gasteiger partial charge in [0.1, 0.15) is 11.6 Å². The molecule has 0 spiro atoms. The van der Waals surface area contributed by atoms with E-state index in [4.69, 9.17) is 4.74 Å². The predicted octanol–water partition coefficient (Wildman–Crippen LogP) is 2.39. The average Bonchev–Trinajstić information content (AvgIpc) is 3.19. The fourth-order valence-corrected chi connectivity index (χ4v) is 3.06. The monoisotopic (exact) mass is 383 g/mol. The number of fused-ring (bicyclic) bond motifs is 1. The molecule has 0 saturated carbocycles. The van der Waals surface area contributed by atoms with Gasteiger partial charge in [-0.3, -0.25) is 25.0 Å². The molecule has 3 rings (SSSR count). The van der Waals surface area contributed by atoms with E-state index in [9.17, 15) is 9.59 Å². The molecule has 8 nitrogen and oxygen atoms in total. The van der Waals surface area contributed by atoms with Crippen molar-refractivity contribution < 1.29 is 9.53 Å². The lowest BCUT2D eigenvalue weighted by atomic mass is 10.1. The summed E-state index contributed by atoms with van der Waals surface area (Å²) < 4.78 is 6.98. The third kappa shape index (κ3) is 4.57. The van der Waals surface area contributed by atoms with Gasteiger partial charge in [-0.2, -0.15) is 4.98 Å². The molecule has 1 aromatic heterocycles. The highest BCUT2D eigenvalue weighted by molar-refractivity contribution is 5.79. The van der Waals surface area contributed by atoms with Gasteiger partial charge in [0.25, 0.3) is 5.56 Å². The molecular formula is C20H25N5O3. The second-order valence-electron chi connectivity index (χ2n) is 6.62. The van der Waals surface area contributed by atoms with Crippen LogP contribution in [0.4, 0.5) is 11.8 Å². The molecular weight excluding hydrogens is 358 g/mol. The minimum Gasteiger partial charge on any atom is -0.497 e. The zero-order valence-corrected chi connectivity index (χ0v) is 16.2. The van der Waals surface area contributed by atoms with Gasteiger partial charge in [0.05, 0.1) is 19.1 Å². The molecule has 0 bridgehead atoms. The number of hydrogen-bond acceptors (Lipinski definition) is 6. The number of unbranched alkanes of at least 4 members (excludes halogenated alkanes) is 2. The molecule has 0 aliphatic carbocycles. The SMILES string of the molecule is CCCCCn1c(NNC(=O)Cc2ccc(OC)cc2)nc(=O)c2c1N=CC2. The molecule has 1 aliphatic heterocycles. The Kier molecular flexibility index (Phi) is 6.41. The maximum Gasteiger partial charge on any atom is 0.280 e. The van der Waals surface area contributed by atoms with Gasteiger partial charge in [0.2, 0.25) is 11.9 Å². The summed E-state index contributed by atoms with van der Waals surface area (Å²) in [6, 6.07) is 7.28. The Balaban J connectivity index is 1.70. The number of nitrogens with one attached hydrogen (secondary N) is 2. The van der Waals surface area contributed by atoms with Crippen LogP contribution in [-0.2, 0) is 24.2 Å². The Morgan fingerprint density at radius 2 is 2.04 bits per heavy atom. The van der Waals surface area contributed by atoms with E-state index in [0.717, 1.165) is 30.6 Å². The maximum atomic E-state index is 12.3. The van der Waals surface area contributed by atoms with E-state index in [-0.39, 0.29) is 17.9 Å². The smallest absolute Gasteiger partial charge is 0.280 e. The van der Waals surface area contributed by atoms with Gasteiger partial charge >= 0.3 is 0 Å². The highest BCUT2D eigenvalue weighted by Crippen LogP contribution is 2.24. The van der Waals surface area contributed by atoms with Gasteiger partial charge < -0.3 is 4.74 Å². The van der Waals surface area contributed by atoms with Gasteiger partial charge in [0.15, 0.2) is 0 Å². The number of nitrogens with zero attached hydrogens (tertiary/aromatic N) is 3. The minimum absolute atomic E-state index is 0.195. The van der Waals surface area contributed by atoms with Crippen LogP contribution in [0.25, 0.3) is 0 Å². The van der Waals surface area contributed by atoms with Crippen LogP contribution in [0.3, 0.4) is 0 Å². The van der Waals surface area contributed by atoms with Crippen molar-refractivity contribution in [1.82, 2.24) is 15.0 Å². The van der Waals surface area contributed by atoms with Crippen molar-refractivity contribution in [1.29, 1.82) is 0 Å². The number of anilines is 1. The van der Waals surface area contributed by atoms with Crippen molar-refractivity contribution in [3.63, 3.8) is 0 Å². The summed E-state index contributed by atoms with van der Waals surface area (Å²) in [5.74, 6) is 1.44. The molecule has 1 aromatic carbocycles. The number of carbonyl (C=O) groups is 1. The Hall–Kier alpha value is -3.16. The fraction of sp³-hybridized carbons (Fsp3) is 0.400. The molecule has 8 heteroatoms. The average molecular weight is 383 g/mol. The number of carbonyl (C=O) groups excluding carboxylic acids is 1. The normalized spacial score (nSPS) is 11.9. The van der Waals surface area contributed by atoms with Crippen molar-refractivity contribution in [2.45, 2.75) is 45.6 Å². The zero-order chi connectivity index (χ0) is 19.9. The van der Waals surface area contributed by atoms with Crippen molar-refractivity contribution in [2.75, 3.05) is 12.5 Å². The largest absolute Gasteiger partial charge is 0.497 e. The van der Waals surface area contributed by atoms with Crippen LogP contribution in [-0.4, -0.2) is 28.8 Å². The van der Waals surface area contributed by atoms with Crippen LogP contribution >= 0.6 is 0 Å². The van der Waals surface area contributed by atoms with Crippen molar-refractivity contribution >= 4 is 23.9 Å². The lowest BCUT2D eigenvalue weighted by Crippen LogP contribution is -2.34. The van der Waals surface area contributed by atoms with Gasteiger partial charge in [0, 0.05) is 19.2 Å². The molecule has 0 fully saturated rings. The predicted molar refractivity (Wildman–Crippen MR) is 108 cm³/mol. The summed E-state index contributed by atoms with van der Waals surface area (Å²) in [5, 5.41) is 0. The third-order valence-corrected chi connectivity index (χ3v) is 4.58. The van der Waals surface area contributed by atoms with Crippen molar-refractivity contribution in [2.24, 2.45) is 4.99 Å². The lowest BCUT2D eigenvalue weighted by Gasteiger charge is -2.17. The number of ether oxygens (including phenoxy) is 1. The molecule has 2 heterocycles. The van der Waals surface area contributed by atoms with Gasteiger partial charge in [-0.1, -0.05) is 31.9 Å². The first-order valence-corrected chi connectivity index (χ1v) is 9.46. The van der Waals surface area contributed by atoms with Crippen LogP contribution in [0.15, 0.2) is 34.1 Å². The van der Waals surface area contributed by atoms with Crippen LogP contribution in [0, 0.1) is 0 Å². The number of hydrogen-bond donors (Lipinski definition) is 2. The summed E-state index contributed by atoms with van der Waals surface area (Å²) >= 11 is 0. The molecule has 0 unspecified atom stereocenters. The van der Waals surface area contributed by atoms with Crippen LogP contribution in [0.1, 0.15) is 37.3 Å². The standard InChI is InChI=1S/C20H25N5O3/c1-3-4-5-12-25-18-16(10-11-21-18)19(27)22-20(25)24-23-17(26)13-14-6-8-15(28-2)9-7-14/h6-9,11H,3-5,10,12-13H2,1-2H3,(H,23,26)(H,22,24,27). The molecule has 0 saturated heterocycles. The molecule has 0 radical (unpaired) electrons. The molecule has 0 atom stereocenters. The number of amides is 1. The molecule has 2 N–H and O–H groups in total. The summed E-state index contributed by atoms with van der Waals surface area (Å²) in [5.41, 5.74) is 6.58. The Morgan fingerprint density at radius 3 is 2.75 bits per heavy atom. The lowest BCUT2D eigenvalue weighted by molar-refractivity contribution is -0.119. The molecule has 1 aliphatic rings. The second-order valence-corrected chi connectivity index (χ2v) is 6.62. The van der Waals surface area contributed by atoms with Crippen molar-refractivity contribution in [3.8, 4) is 5.75 Å². The molecule has 148 valence electrons. The summed E-state index contributed by atoms with van der Waals surface area (Å²) in [4.78, 5) is 33.0. The Bertz CT molecular complexity index is 919. The van der Waals surface area contributed by atoms with Crippen LogP contribution < -0.4 is 21.1 Å². The van der Waals surface area contributed by atoms with E-state index in [1.54, 1.807) is 13.3 Å². The Morgan fingerprint density at radius 1 is 1.25 bits per heavy atom. The Labute approximate surface area is 163 Å². The van der Waals surface area contributed by atoms with E-state index in [1.807, 2.05) is 28.8 Å². The number of methoxy groups -OCH3 is 1. The molecule has 1 amide bonds. The maximum absolute atomic E-state index is 12.3. The summed E-state index contributed by atoms with van der Waals surface area (Å²) in [6.45, 7) is 2.81. The summed E-state index contributed by atoms with van der Waals surface area (Å²) in [6.07, 6.45) is 5.50. The first kappa shape index (κ1) is 19.6. The van der Waals surface area contributed by atoms with Gasteiger partial charge in [-0.05, 0) is 24.1 Å². The fourth-order valence-electron chi connectivity index (χ4n) is 3.06. The van der Waals surface area contributed by atoms with Gasteiger partial charge in [-0.15, -0.1) is 0 Å². The topological polar surface area (TPSA) is 97.6 Å². The number of aliphatic imine (C=N–C) groups is 1. The van der Waals surface area contributed by atoms with E-state index < -0.39 is 0 Å². The van der Waals surface area contributed by atoms with E-state index in [1.165, 1.54) is 0 Å². The van der Waals surface area contributed by atoms with Crippen LogP contribution in [0.5, 0.6) is 5.75 Å². The molecule has 2 aromatic rings. The number of aromatic nitrogens is 2. The number of hydrazine groups is 1. The molecule has 28 heavy (non-hydrogen) atoms. The third-order valence-electron chi connectivity index (χ3n) is 4.58. The second kappa shape index (κ2) is 9.16. The first-order chi connectivity index (χ1) is 13.6. The van der Waals surface area contributed by atoms with E-state index in [0.29, 0.717) is 30.3 Å². The van der Waals surface area contributed by atoms with Gasteiger partial charge in [-0.25, -0.2) is 4.99 Å². The quantitative estimate of drug-likeness (QED) is 0.512. The van der Waals surface area contributed by atoms with E-state index >= 15 is 0 Å². The number of benzene rings is 1. The number of rotatable bonds is 9. The van der Waals surface area contributed by atoms with E-state index in [2.05, 4.69) is 27.8 Å². The van der Waals surface area contributed by atoms with Crippen LogP contribution in [0.2, 0.25) is 0 Å². The van der Waals surface area contributed by atoms with Crippen molar-refractivity contribution in [3.05, 3.63) is 45.7 Å². The zero-order valence-electron chi connectivity index (χ0n) is 16.2. The highest BCUT2D eigenvalue weighted by Gasteiger charge is 2.19. The summed E-state index contributed by atoms with van der Waals surface area (Å²) in [7, 11) is 1.60. The minimum atomic E-state index is -0.314. The highest BCUT2D eigenvalue weighted by atomic mass is 16.5.